The highest BCUT2D eigenvalue weighted by molar-refractivity contribution is 5.02. The summed E-state index contributed by atoms with van der Waals surface area (Å²) in [5.74, 6) is 0.382. The van der Waals surface area contributed by atoms with E-state index in [2.05, 4.69) is 9.97 Å². The minimum Gasteiger partial charge on any atom is -0.245 e. The first-order valence-electron chi connectivity index (χ1n) is 3.49. The first-order chi connectivity index (χ1) is 4.70. The lowest BCUT2D eigenvalue weighted by Gasteiger charge is -1.99. The topological polar surface area (TPSA) is 25.8 Å². The van der Waals surface area contributed by atoms with E-state index in [9.17, 15) is 0 Å². The molecule has 0 aromatic carbocycles. The minimum absolute atomic E-state index is 0.103. The lowest BCUT2D eigenvalue weighted by atomic mass is 10.1. The molecule has 1 aromatic heterocycles. The Morgan fingerprint density at radius 1 is 1.67 bits per heavy atom. The van der Waals surface area contributed by atoms with Crippen LogP contribution in [0.3, 0.4) is 0 Å². The van der Waals surface area contributed by atoms with Gasteiger partial charge in [0.15, 0.2) is 0 Å². The smallest absolute Gasteiger partial charge is 0.115 e. The molecule has 0 saturated carbocycles. The van der Waals surface area contributed by atoms with Crippen molar-refractivity contribution in [2.45, 2.75) is 19.8 Å². The fourth-order valence-corrected chi connectivity index (χ4v) is 0.592. The second-order valence-electron chi connectivity index (χ2n) is 2.24. The molecule has 1 aromatic rings. The molecule has 1 rings (SSSR count). The predicted octanol–water partition coefficient (Wildman–Crippen LogP) is 1.60. The van der Waals surface area contributed by atoms with E-state index in [4.69, 9.17) is 1.37 Å². The van der Waals surface area contributed by atoms with Crippen LogP contribution in [0, 0.1) is 0 Å². The van der Waals surface area contributed by atoms with E-state index in [0.717, 1.165) is 5.69 Å². The first-order valence-corrected chi connectivity index (χ1v) is 2.99. The summed E-state index contributed by atoms with van der Waals surface area (Å²) in [6, 6.07) is 1.84. The Labute approximate surface area is 56.4 Å². The SMILES string of the molecule is [2H]c1nccc(C(C)C)n1. The molecule has 9 heavy (non-hydrogen) atoms. The van der Waals surface area contributed by atoms with Crippen molar-refractivity contribution in [3.63, 3.8) is 0 Å². The number of hydrogen-bond acceptors (Lipinski definition) is 2. The highest BCUT2D eigenvalue weighted by Gasteiger charge is 1.95. The van der Waals surface area contributed by atoms with Crippen LogP contribution in [0.4, 0.5) is 0 Å². The average molecular weight is 123 g/mol. The van der Waals surface area contributed by atoms with E-state index in [-0.39, 0.29) is 6.30 Å². The summed E-state index contributed by atoms with van der Waals surface area (Å²) in [4.78, 5) is 7.61. The van der Waals surface area contributed by atoms with Gasteiger partial charge < -0.3 is 0 Å². The summed E-state index contributed by atoms with van der Waals surface area (Å²) in [5, 5.41) is 0. The Hall–Kier alpha value is -0.920. The van der Waals surface area contributed by atoms with Gasteiger partial charge >= 0.3 is 0 Å². The Kier molecular flexibility index (Phi) is 1.41. The molecule has 2 heteroatoms. The second-order valence-corrected chi connectivity index (χ2v) is 2.24. The van der Waals surface area contributed by atoms with Gasteiger partial charge in [-0.15, -0.1) is 0 Å². The van der Waals surface area contributed by atoms with Crippen LogP contribution in [-0.4, -0.2) is 9.97 Å². The van der Waals surface area contributed by atoms with Crippen molar-refractivity contribution >= 4 is 0 Å². The van der Waals surface area contributed by atoms with Crippen molar-refractivity contribution < 1.29 is 1.37 Å². The van der Waals surface area contributed by atoms with Gasteiger partial charge in [0.2, 0.25) is 0 Å². The van der Waals surface area contributed by atoms with Crippen LogP contribution >= 0.6 is 0 Å². The van der Waals surface area contributed by atoms with Crippen molar-refractivity contribution in [2.75, 3.05) is 0 Å². The third-order valence-corrected chi connectivity index (χ3v) is 1.15. The Morgan fingerprint density at radius 2 is 2.44 bits per heavy atom. The van der Waals surface area contributed by atoms with Gasteiger partial charge in [-0.25, -0.2) is 9.97 Å². The van der Waals surface area contributed by atoms with Gasteiger partial charge in [0.25, 0.3) is 0 Å². The normalized spacial score (nSPS) is 11.7. The standard InChI is InChI=1S/C7H10N2/c1-6(2)7-3-4-8-5-9-7/h3-6H,1-2H3/i5D. The van der Waals surface area contributed by atoms with Crippen LogP contribution in [0.2, 0.25) is 0 Å². The molecule has 1 heterocycles. The Morgan fingerprint density at radius 3 is 2.89 bits per heavy atom. The van der Waals surface area contributed by atoms with Gasteiger partial charge in [-0.1, -0.05) is 13.8 Å². The van der Waals surface area contributed by atoms with Crippen LogP contribution in [0.1, 0.15) is 26.8 Å². The lowest BCUT2D eigenvalue weighted by Crippen LogP contribution is -1.90. The maximum Gasteiger partial charge on any atom is 0.115 e. The summed E-state index contributed by atoms with van der Waals surface area (Å²) >= 11 is 0. The lowest BCUT2D eigenvalue weighted by molar-refractivity contribution is 0.814. The highest BCUT2D eigenvalue weighted by atomic mass is 14.8. The summed E-state index contributed by atoms with van der Waals surface area (Å²) < 4.78 is 7.11. The molecular weight excluding hydrogens is 112 g/mol. The fraction of sp³-hybridized carbons (Fsp3) is 0.429. The number of aromatic nitrogens is 2. The van der Waals surface area contributed by atoms with E-state index >= 15 is 0 Å². The van der Waals surface area contributed by atoms with Gasteiger partial charge in [0.05, 0.1) is 0 Å². The van der Waals surface area contributed by atoms with Crippen molar-refractivity contribution in [2.24, 2.45) is 0 Å². The number of hydrogen-bond donors (Lipinski definition) is 0. The quantitative estimate of drug-likeness (QED) is 0.566. The zero-order valence-electron chi connectivity index (χ0n) is 6.63. The third-order valence-electron chi connectivity index (χ3n) is 1.15. The maximum absolute atomic E-state index is 7.11. The molecule has 0 N–H and O–H groups in total. The summed E-state index contributed by atoms with van der Waals surface area (Å²) in [6.45, 7) is 4.09. The molecule has 2 nitrogen and oxygen atoms in total. The van der Waals surface area contributed by atoms with E-state index in [1.165, 1.54) is 0 Å². The highest BCUT2D eigenvalue weighted by Crippen LogP contribution is 2.07. The molecule has 0 bridgehead atoms. The number of rotatable bonds is 1. The van der Waals surface area contributed by atoms with Crippen LogP contribution in [-0.2, 0) is 0 Å². The fourth-order valence-electron chi connectivity index (χ4n) is 0.592. The van der Waals surface area contributed by atoms with Crippen LogP contribution in [0.25, 0.3) is 0 Å². The predicted molar refractivity (Wildman–Crippen MR) is 36.1 cm³/mol. The zero-order valence-corrected chi connectivity index (χ0v) is 5.63. The maximum atomic E-state index is 7.11. The molecule has 0 spiro atoms. The van der Waals surface area contributed by atoms with E-state index in [1.54, 1.807) is 6.20 Å². The molecule has 0 saturated heterocycles. The third kappa shape index (κ3) is 1.49. The molecule has 0 aliphatic carbocycles. The Bertz CT molecular complexity index is 223. The van der Waals surface area contributed by atoms with E-state index < -0.39 is 0 Å². The first kappa shape index (κ1) is 4.91. The zero-order chi connectivity index (χ0) is 7.56. The minimum atomic E-state index is 0.103. The Balaban J connectivity index is 2.96. The van der Waals surface area contributed by atoms with Crippen molar-refractivity contribution in [3.8, 4) is 0 Å². The molecule has 0 aliphatic rings. The monoisotopic (exact) mass is 123 g/mol. The molecule has 0 radical (unpaired) electrons. The molecule has 0 aliphatic heterocycles. The molecule has 0 amide bonds. The summed E-state index contributed by atoms with van der Waals surface area (Å²) in [5.41, 5.74) is 0.931. The molecule has 0 fully saturated rings. The van der Waals surface area contributed by atoms with Gasteiger partial charge in [-0.3, -0.25) is 0 Å². The molecular formula is C7H10N2. The van der Waals surface area contributed by atoms with Crippen LogP contribution in [0.5, 0.6) is 0 Å². The van der Waals surface area contributed by atoms with Gasteiger partial charge in [-0.05, 0) is 12.0 Å². The van der Waals surface area contributed by atoms with E-state index in [1.807, 2.05) is 19.9 Å². The van der Waals surface area contributed by atoms with Gasteiger partial charge in [0.1, 0.15) is 7.67 Å². The van der Waals surface area contributed by atoms with E-state index in [0.29, 0.717) is 5.92 Å². The van der Waals surface area contributed by atoms with Crippen molar-refractivity contribution in [1.29, 1.82) is 0 Å². The van der Waals surface area contributed by atoms with Gasteiger partial charge in [-0.2, -0.15) is 0 Å². The van der Waals surface area contributed by atoms with Crippen molar-refractivity contribution in [1.82, 2.24) is 9.97 Å². The average Bonchev–Trinajstić information content (AvgIpc) is 1.88. The van der Waals surface area contributed by atoms with Gasteiger partial charge in [0, 0.05) is 11.9 Å². The second kappa shape index (κ2) is 2.58. The largest absolute Gasteiger partial charge is 0.245 e. The van der Waals surface area contributed by atoms with Crippen molar-refractivity contribution in [3.05, 3.63) is 24.3 Å². The summed E-state index contributed by atoms with van der Waals surface area (Å²) in [7, 11) is 0. The molecule has 0 unspecified atom stereocenters. The molecule has 0 atom stereocenters. The summed E-state index contributed by atoms with van der Waals surface area (Å²) in [6.07, 6.45) is 1.72. The van der Waals surface area contributed by atoms with Crippen LogP contribution < -0.4 is 0 Å². The van der Waals surface area contributed by atoms with Crippen LogP contribution in [0.15, 0.2) is 18.6 Å². The molecule has 48 valence electrons. The number of nitrogens with zero attached hydrogens (tertiary/aromatic N) is 2.